The summed E-state index contributed by atoms with van der Waals surface area (Å²) in [5.74, 6) is 0.406. The van der Waals surface area contributed by atoms with Gasteiger partial charge in [-0.3, -0.25) is 0 Å². The van der Waals surface area contributed by atoms with Crippen molar-refractivity contribution in [2.75, 3.05) is 5.32 Å². The minimum absolute atomic E-state index is 0.157. The van der Waals surface area contributed by atoms with Crippen molar-refractivity contribution >= 4 is 23.0 Å². The molecule has 1 atom stereocenters. The van der Waals surface area contributed by atoms with Crippen molar-refractivity contribution in [2.24, 2.45) is 5.92 Å². The van der Waals surface area contributed by atoms with Gasteiger partial charge in [0.15, 0.2) is 5.11 Å². The molecule has 0 fully saturated rings. The van der Waals surface area contributed by atoms with E-state index in [2.05, 4.69) is 61.7 Å². The van der Waals surface area contributed by atoms with Crippen LogP contribution in [0.4, 0.5) is 5.69 Å². The Morgan fingerprint density at radius 2 is 1.79 bits per heavy atom. The van der Waals surface area contributed by atoms with E-state index >= 15 is 0 Å². The second kappa shape index (κ2) is 8.47. The van der Waals surface area contributed by atoms with Gasteiger partial charge in [-0.05, 0) is 53.9 Å². The number of hydrogen-bond donors (Lipinski definition) is 2. The molecule has 0 radical (unpaired) electrons. The number of hydrogen-bond acceptors (Lipinski definition) is 2. The lowest BCUT2D eigenvalue weighted by Crippen LogP contribution is -2.35. The molecule has 4 heteroatoms. The molecule has 24 heavy (non-hydrogen) atoms. The second-order valence-electron chi connectivity index (χ2n) is 6.21. The molecule has 2 aromatic rings. The first kappa shape index (κ1) is 18.0. The van der Waals surface area contributed by atoms with E-state index in [1.54, 1.807) is 0 Å². The van der Waals surface area contributed by atoms with Crippen LogP contribution in [0.1, 0.15) is 36.6 Å². The summed E-state index contributed by atoms with van der Waals surface area (Å²) in [7, 11) is 0. The van der Waals surface area contributed by atoms with Gasteiger partial charge in [0.25, 0.3) is 0 Å². The molecule has 2 rings (SSSR count). The van der Waals surface area contributed by atoms with E-state index in [0.29, 0.717) is 17.5 Å². The highest BCUT2D eigenvalue weighted by Crippen LogP contribution is 2.24. The molecule has 0 saturated carbocycles. The molecule has 3 nitrogen and oxygen atoms in total. The Labute approximate surface area is 149 Å². The van der Waals surface area contributed by atoms with Gasteiger partial charge in [0.05, 0.1) is 18.5 Å². The van der Waals surface area contributed by atoms with Gasteiger partial charge in [-0.25, -0.2) is 0 Å². The van der Waals surface area contributed by atoms with E-state index in [9.17, 15) is 0 Å². The fraction of sp³-hybridized carbons (Fsp3) is 0.300. The van der Waals surface area contributed by atoms with E-state index in [1.807, 2.05) is 24.3 Å². The second-order valence-corrected chi connectivity index (χ2v) is 6.62. The van der Waals surface area contributed by atoms with Crippen LogP contribution in [-0.2, 0) is 6.42 Å². The van der Waals surface area contributed by atoms with Crippen molar-refractivity contribution in [3.63, 3.8) is 0 Å². The first-order valence-electron chi connectivity index (χ1n) is 8.10. The Bertz CT molecular complexity index is 729. The third kappa shape index (κ3) is 4.81. The standard InChI is InChI=1S/C20H23N3S/c1-14(2)19(18-7-5-4-6-15(18)3)23-20(24)22-17-10-8-16(9-11-17)12-13-21/h4-11,14,19H,12H2,1-3H3,(H2,22,23,24). The van der Waals surface area contributed by atoms with Gasteiger partial charge >= 0.3 is 0 Å². The van der Waals surface area contributed by atoms with E-state index in [1.165, 1.54) is 11.1 Å². The van der Waals surface area contributed by atoms with Crippen LogP contribution in [-0.4, -0.2) is 5.11 Å². The molecule has 0 amide bonds. The first-order chi connectivity index (χ1) is 11.5. The quantitative estimate of drug-likeness (QED) is 0.773. The highest BCUT2D eigenvalue weighted by atomic mass is 32.1. The maximum atomic E-state index is 8.72. The molecule has 0 saturated heterocycles. The summed E-state index contributed by atoms with van der Waals surface area (Å²) in [5, 5.41) is 16.0. The topological polar surface area (TPSA) is 47.8 Å². The third-order valence-corrected chi connectivity index (χ3v) is 4.19. The molecule has 124 valence electrons. The van der Waals surface area contributed by atoms with Crippen LogP contribution in [0.2, 0.25) is 0 Å². The van der Waals surface area contributed by atoms with E-state index < -0.39 is 0 Å². The predicted octanol–water partition coefficient (Wildman–Crippen LogP) is 4.74. The number of rotatable bonds is 5. The number of nitrogens with zero attached hydrogens (tertiary/aromatic N) is 1. The van der Waals surface area contributed by atoms with E-state index in [-0.39, 0.29) is 6.04 Å². The summed E-state index contributed by atoms with van der Waals surface area (Å²) in [6, 6.07) is 18.4. The van der Waals surface area contributed by atoms with Crippen molar-refractivity contribution in [3.05, 3.63) is 65.2 Å². The summed E-state index contributed by atoms with van der Waals surface area (Å²) in [5.41, 5.74) is 4.44. The third-order valence-electron chi connectivity index (χ3n) is 3.97. The van der Waals surface area contributed by atoms with E-state index in [0.717, 1.165) is 11.3 Å². The van der Waals surface area contributed by atoms with Gasteiger partial charge in [-0.2, -0.15) is 5.26 Å². The molecule has 0 aromatic heterocycles. The molecule has 0 aliphatic heterocycles. The van der Waals surface area contributed by atoms with Gasteiger partial charge in [-0.15, -0.1) is 0 Å². The summed E-state index contributed by atoms with van der Waals surface area (Å²) in [6.45, 7) is 6.49. The van der Waals surface area contributed by atoms with Crippen LogP contribution in [0.15, 0.2) is 48.5 Å². The first-order valence-corrected chi connectivity index (χ1v) is 8.51. The van der Waals surface area contributed by atoms with Crippen LogP contribution >= 0.6 is 12.2 Å². The lowest BCUT2D eigenvalue weighted by Gasteiger charge is -2.26. The highest BCUT2D eigenvalue weighted by Gasteiger charge is 2.18. The van der Waals surface area contributed by atoms with Crippen molar-refractivity contribution in [1.29, 1.82) is 5.26 Å². The van der Waals surface area contributed by atoms with Gasteiger partial charge in [-0.1, -0.05) is 50.2 Å². The number of aryl methyl sites for hydroxylation is 1. The number of benzene rings is 2. The molecule has 0 heterocycles. The zero-order valence-electron chi connectivity index (χ0n) is 14.3. The normalized spacial score (nSPS) is 11.6. The number of anilines is 1. The maximum Gasteiger partial charge on any atom is 0.171 e. The molecule has 0 spiro atoms. The van der Waals surface area contributed by atoms with E-state index in [4.69, 9.17) is 17.5 Å². The van der Waals surface area contributed by atoms with Gasteiger partial charge in [0.2, 0.25) is 0 Å². The van der Waals surface area contributed by atoms with Gasteiger partial charge in [0, 0.05) is 5.69 Å². The van der Waals surface area contributed by atoms with Crippen molar-refractivity contribution in [1.82, 2.24) is 5.32 Å². The van der Waals surface area contributed by atoms with Crippen molar-refractivity contribution < 1.29 is 0 Å². The minimum atomic E-state index is 0.157. The Morgan fingerprint density at radius 3 is 2.38 bits per heavy atom. The van der Waals surface area contributed by atoms with Gasteiger partial charge in [0.1, 0.15) is 0 Å². The fourth-order valence-corrected chi connectivity index (χ4v) is 2.89. The Balaban J connectivity index is 2.06. The molecule has 0 bridgehead atoms. The summed E-state index contributed by atoms with van der Waals surface area (Å²) in [6.07, 6.45) is 0.422. The zero-order valence-corrected chi connectivity index (χ0v) is 15.2. The number of nitrogens with one attached hydrogen (secondary N) is 2. The van der Waals surface area contributed by atoms with Crippen LogP contribution in [0.3, 0.4) is 0 Å². The molecule has 2 N–H and O–H groups in total. The Morgan fingerprint density at radius 1 is 1.12 bits per heavy atom. The smallest absolute Gasteiger partial charge is 0.171 e. The van der Waals surface area contributed by atoms with Crippen LogP contribution in [0.25, 0.3) is 0 Å². The van der Waals surface area contributed by atoms with Crippen molar-refractivity contribution in [3.8, 4) is 6.07 Å². The average molecular weight is 337 g/mol. The lowest BCUT2D eigenvalue weighted by molar-refractivity contribution is 0.471. The maximum absolute atomic E-state index is 8.72. The number of nitriles is 1. The van der Waals surface area contributed by atoms with Crippen LogP contribution in [0.5, 0.6) is 0 Å². The summed E-state index contributed by atoms with van der Waals surface area (Å²) < 4.78 is 0. The Kier molecular flexibility index (Phi) is 6.34. The lowest BCUT2D eigenvalue weighted by atomic mass is 9.93. The average Bonchev–Trinajstić information content (AvgIpc) is 2.55. The van der Waals surface area contributed by atoms with Gasteiger partial charge < -0.3 is 10.6 Å². The number of thiocarbonyl (C=S) groups is 1. The van der Waals surface area contributed by atoms with Crippen molar-refractivity contribution in [2.45, 2.75) is 33.2 Å². The Hall–Kier alpha value is -2.38. The molecule has 0 aliphatic carbocycles. The molecular formula is C20H23N3S. The monoisotopic (exact) mass is 337 g/mol. The van der Waals surface area contributed by atoms with Crippen LogP contribution in [0, 0.1) is 24.2 Å². The SMILES string of the molecule is Cc1ccccc1C(NC(=S)Nc1ccc(CC#N)cc1)C(C)C. The van der Waals surface area contributed by atoms with Crippen LogP contribution < -0.4 is 10.6 Å². The summed E-state index contributed by atoms with van der Waals surface area (Å²) in [4.78, 5) is 0. The molecular weight excluding hydrogens is 314 g/mol. The largest absolute Gasteiger partial charge is 0.355 e. The molecule has 1 unspecified atom stereocenters. The summed E-state index contributed by atoms with van der Waals surface area (Å²) >= 11 is 5.48. The highest BCUT2D eigenvalue weighted by molar-refractivity contribution is 7.80. The fourth-order valence-electron chi connectivity index (χ4n) is 2.64. The molecule has 2 aromatic carbocycles. The molecule has 0 aliphatic rings. The predicted molar refractivity (Wildman–Crippen MR) is 104 cm³/mol. The minimum Gasteiger partial charge on any atom is -0.355 e. The zero-order chi connectivity index (χ0) is 17.5.